The van der Waals surface area contributed by atoms with Gasteiger partial charge in [-0.25, -0.2) is 4.79 Å². The van der Waals surface area contributed by atoms with E-state index in [9.17, 15) is 4.79 Å². The topological polar surface area (TPSA) is 32.3 Å². The molecule has 4 heteroatoms. The summed E-state index contributed by atoms with van der Waals surface area (Å²) in [7, 11) is 0. The van der Waals surface area contributed by atoms with Crippen LogP contribution in [0.25, 0.3) is 0 Å². The van der Waals surface area contributed by atoms with Crippen molar-refractivity contribution in [3.63, 3.8) is 0 Å². The molecular formula is C18H21ClN2O. The van der Waals surface area contributed by atoms with Crippen molar-refractivity contribution in [1.82, 2.24) is 5.32 Å². The van der Waals surface area contributed by atoms with Crippen molar-refractivity contribution in [3.05, 3.63) is 64.7 Å². The summed E-state index contributed by atoms with van der Waals surface area (Å²) in [6.07, 6.45) is 0.762. The minimum atomic E-state index is -0.0740. The molecule has 0 radical (unpaired) electrons. The predicted molar refractivity (Wildman–Crippen MR) is 92.8 cm³/mol. The van der Waals surface area contributed by atoms with Gasteiger partial charge in [0.05, 0.1) is 0 Å². The molecule has 2 amide bonds. The van der Waals surface area contributed by atoms with Crippen LogP contribution < -0.4 is 10.2 Å². The highest BCUT2D eigenvalue weighted by atomic mass is 35.5. The average Bonchev–Trinajstić information content (AvgIpc) is 2.48. The third-order valence-corrected chi connectivity index (χ3v) is 3.69. The van der Waals surface area contributed by atoms with E-state index in [1.165, 1.54) is 0 Å². The average molecular weight is 317 g/mol. The fourth-order valence-corrected chi connectivity index (χ4v) is 2.55. The van der Waals surface area contributed by atoms with E-state index in [1.54, 1.807) is 4.90 Å². The monoisotopic (exact) mass is 316 g/mol. The molecule has 3 nitrogen and oxygen atoms in total. The Hall–Kier alpha value is -2.00. The standard InChI is InChI=1S/C18H21ClN2O/c1-3-21(17-9-4-6-14(2)12-17)18(22)20-11-10-15-7-5-8-16(19)13-15/h4-9,12-13H,3,10-11H2,1-2H3,(H,20,22). The zero-order chi connectivity index (χ0) is 15.9. The van der Waals surface area contributed by atoms with E-state index in [4.69, 9.17) is 11.6 Å². The molecule has 0 bridgehead atoms. The first-order valence-electron chi connectivity index (χ1n) is 7.46. The summed E-state index contributed by atoms with van der Waals surface area (Å²) in [5, 5.41) is 3.68. The largest absolute Gasteiger partial charge is 0.337 e. The second-order valence-corrected chi connectivity index (χ2v) is 5.63. The zero-order valence-electron chi connectivity index (χ0n) is 13.0. The van der Waals surface area contributed by atoms with E-state index in [0.717, 1.165) is 28.3 Å². The number of rotatable bonds is 5. The lowest BCUT2D eigenvalue weighted by Gasteiger charge is -2.22. The second-order valence-electron chi connectivity index (χ2n) is 5.20. The first kappa shape index (κ1) is 16.4. The van der Waals surface area contributed by atoms with E-state index < -0.39 is 0 Å². The first-order valence-corrected chi connectivity index (χ1v) is 7.84. The molecule has 0 spiro atoms. The highest BCUT2D eigenvalue weighted by molar-refractivity contribution is 6.30. The Kier molecular flexibility index (Phi) is 5.84. The van der Waals surface area contributed by atoms with Gasteiger partial charge in [-0.3, -0.25) is 4.90 Å². The van der Waals surface area contributed by atoms with Crippen LogP contribution in [0.1, 0.15) is 18.1 Å². The van der Waals surface area contributed by atoms with Crippen LogP contribution in [0, 0.1) is 6.92 Å². The zero-order valence-corrected chi connectivity index (χ0v) is 13.7. The van der Waals surface area contributed by atoms with Gasteiger partial charge in [-0.1, -0.05) is 35.9 Å². The summed E-state index contributed by atoms with van der Waals surface area (Å²) < 4.78 is 0. The third-order valence-electron chi connectivity index (χ3n) is 3.45. The Labute approximate surface area is 136 Å². The maximum atomic E-state index is 12.3. The molecule has 0 heterocycles. The van der Waals surface area contributed by atoms with Gasteiger partial charge in [0.1, 0.15) is 0 Å². The smallest absolute Gasteiger partial charge is 0.321 e. The summed E-state index contributed by atoms with van der Waals surface area (Å²) in [5.74, 6) is 0. The molecule has 0 aliphatic rings. The SMILES string of the molecule is CCN(C(=O)NCCc1cccc(Cl)c1)c1cccc(C)c1. The Morgan fingerprint density at radius 3 is 2.64 bits per heavy atom. The molecular weight excluding hydrogens is 296 g/mol. The van der Waals surface area contributed by atoms with E-state index in [-0.39, 0.29) is 6.03 Å². The maximum Gasteiger partial charge on any atom is 0.321 e. The van der Waals surface area contributed by atoms with Gasteiger partial charge in [-0.05, 0) is 55.7 Å². The quantitative estimate of drug-likeness (QED) is 0.869. The van der Waals surface area contributed by atoms with Crippen molar-refractivity contribution in [2.24, 2.45) is 0 Å². The van der Waals surface area contributed by atoms with Crippen LogP contribution in [0.15, 0.2) is 48.5 Å². The van der Waals surface area contributed by atoms with E-state index in [1.807, 2.05) is 62.4 Å². The number of aryl methyl sites for hydroxylation is 1. The minimum Gasteiger partial charge on any atom is -0.337 e. The number of carbonyl (C=O) groups is 1. The first-order chi connectivity index (χ1) is 10.6. The summed E-state index contributed by atoms with van der Waals surface area (Å²) in [4.78, 5) is 14.1. The lowest BCUT2D eigenvalue weighted by molar-refractivity contribution is 0.246. The normalized spacial score (nSPS) is 10.3. The highest BCUT2D eigenvalue weighted by Gasteiger charge is 2.13. The van der Waals surface area contributed by atoms with Gasteiger partial charge < -0.3 is 5.32 Å². The Morgan fingerprint density at radius 1 is 1.18 bits per heavy atom. The molecule has 0 saturated carbocycles. The lowest BCUT2D eigenvalue weighted by Crippen LogP contribution is -2.40. The van der Waals surface area contributed by atoms with Crippen LogP contribution in [0.4, 0.5) is 10.5 Å². The Morgan fingerprint density at radius 2 is 1.95 bits per heavy atom. The number of hydrogen-bond donors (Lipinski definition) is 1. The van der Waals surface area contributed by atoms with Gasteiger partial charge in [-0.2, -0.15) is 0 Å². The van der Waals surface area contributed by atoms with Gasteiger partial charge in [0.2, 0.25) is 0 Å². The fraction of sp³-hybridized carbons (Fsp3) is 0.278. The number of hydrogen-bond acceptors (Lipinski definition) is 1. The number of nitrogens with one attached hydrogen (secondary N) is 1. The maximum absolute atomic E-state index is 12.3. The Bertz CT molecular complexity index is 642. The van der Waals surface area contributed by atoms with E-state index in [0.29, 0.717) is 13.1 Å². The van der Waals surface area contributed by atoms with Crippen molar-refractivity contribution < 1.29 is 4.79 Å². The van der Waals surface area contributed by atoms with Gasteiger partial charge in [0.25, 0.3) is 0 Å². The van der Waals surface area contributed by atoms with Gasteiger partial charge in [0.15, 0.2) is 0 Å². The number of amides is 2. The molecule has 0 fully saturated rings. The fourth-order valence-electron chi connectivity index (χ4n) is 2.34. The lowest BCUT2D eigenvalue weighted by atomic mass is 10.1. The number of benzene rings is 2. The van der Waals surface area contributed by atoms with Gasteiger partial charge in [0, 0.05) is 23.8 Å². The molecule has 0 unspecified atom stereocenters. The molecule has 2 aromatic carbocycles. The molecule has 2 rings (SSSR count). The van der Waals surface area contributed by atoms with Crippen molar-refractivity contribution in [3.8, 4) is 0 Å². The molecule has 22 heavy (non-hydrogen) atoms. The van der Waals surface area contributed by atoms with Gasteiger partial charge in [-0.15, -0.1) is 0 Å². The van der Waals surface area contributed by atoms with Crippen LogP contribution >= 0.6 is 11.6 Å². The van der Waals surface area contributed by atoms with Crippen LogP contribution in [-0.2, 0) is 6.42 Å². The summed E-state index contributed by atoms with van der Waals surface area (Å²) in [6.45, 7) is 5.21. The Balaban J connectivity index is 1.92. The van der Waals surface area contributed by atoms with Crippen molar-refractivity contribution in [1.29, 1.82) is 0 Å². The molecule has 0 saturated heterocycles. The van der Waals surface area contributed by atoms with E-state index in [2.05, 4.69) is 5.32 Å². The van der Waals surface area contributed by atoms with E-state index >= 15 is 0 Å². The minimum absolute atomic E-state index is 0.0740. The van der Waals surface area contributed by atoms with Crippen LogP contribution in [0.2, 0.25) is 5.02 Å². The summed E-state index contributed by atoms with van der Waals surface area (Å²) >= 11 is 5.96. The molecule has 0 aliphatic carbocycles. The number of nitrogens with zero attached hydrogens (tertiary/aromatic N) is 1. The van der Waals surface area contributed by atoms with Crippen molar-refractivity contribution >= 4 is 23.3 Å². The van der Waals surface area contributed by atoms with Crippen LogP contribution in [-0.4, -0.2) is 19.1 Å². The third kappa shape index (κ3) is 4.50. The van der Waals surface area contributed by atoms with Gasteiger partial charge >= 0.3 is 6.03 Å². The summed E-state index contributed by atoms with van der Waals surface area (Å²) in [6, 6.07) is 15.6. The van der Waals surface area contributed by atoms with Crippen LogP contribution in [0.5, 0.6) is 0 Å². The predicted octanol–water partition coefficient (Wildman–Crippen LogP) is 4.43. The highest BCUT2D eigenvalue weighted by Crippen LogP contribution is 2.16. The number of halogens is 1. The molecule has 1 N–H and O–H groups in total. The molecule has 2 aromatic rings. The summed E-state index contributed by atoms with van der Waals surface area (Å²) in [5.41, 5.74) is 3.18. The molecule has 116 valence electrons. The molecule has 0 aliphatic heterocycles. The number of carbonyl (C=O) groups excluding carboxylic acids is 1. The van der Waals surface area contributed by atoms with Crippen molar-refractivity contribution in [2.75, 3.05) is 18.0 Å². The molecule has 0 atom stereocenters. The number of urea groups is 1. The molecule has 0 aromatic heterocycles. The number of anilines is 1. The van der Waals surface area contributed by atoms with Crippen LogP contribution in [0.3, 0.4) is 0 Å². The van der Waals surface area contributed by atoms with Crippen molar-refractivity contribution in [2.45, 2.75) is 20.3 Å². The second kappa shape index (κ2) is 7.85.